The summed E-state index contributed by atoms with van der Waals surface area (Å²) in [7, 11) is 0. The highest BCUT2D eigenvalue weighted by molar-refractivity contribution is 7.25. The molecule has 0 aliphatic heterocycles. The number of nitrogens with zero attached hydrogens (tertiary/aromatic N) is 4. The van der Waals surface area contributed by atoms with Crippen LogP contribution in [0.1, 0.15) is 27.8 Å². The third kappa shape index (κ3) is 7.47. The summed E-state index contributed by atoms with van der Waals surface area (Å²) in [4.78, 5) is 18.7. The van der Waals surface area contributed by atoms with E-state index in [1.54, 1.807) is 45.3 Å². The molecule has 10 heteroatoms. The number of hydrogen-bond donors (Lipinski definition) is 2. The Kier molecular flexibility index (Phi) is 9.63. The second-order valence-electron chi connectivity index (χ2n) is 11.7. The Labute approximate surface area is 301 Å². The lowest BCUT2D eigenvalue weighted by atomic mass is 10.2. The molecule has 0 bridgehead atoms. The van der Waals surface area contributed by atoms with E-state index in [9.17, 15) is 0 Å². The quantitative estimate of drug-likeness (QED) is 0.189. The molecule has 0 aliphatic carbocycles. The summed E-state index contributed by atoms with van der Waals surface area (Å²) in [5.74, 6) is 0. The van der Waals surface area contributed by atoms with Gasteiger partial charge in [-0.15, -0.1) is 0 Å². The van der Waals surface area contributed by atoms with Crippen molar-refractivity contribution in [3.05, 3.63) is 131 Å². The average Bonchev–Trinajstić information content (AvgIpc) is 3.88. The molecule has 0 atom stereocenters. The molecule has 4 aromatic heterocycles. The lowest BCUT2D eigenvalue weighted by Gasteiger charge is -1.94. The molecule has 0 radical (unpaired) electrons. The van der Waals surface area contributed by atoms with Crippen molar-refractivity contribution in [3.63, 3.8) is 0 Å². The summed E-state index contributed by atoms with van der Waals surface area (Å²) >= 11 is 6.66. The molecule has 244 valence electrons. The lowest BCUT2D eigenvalue weighted by molar-refractivity contribution is 1.37. The minimum Gasteiger partial charge on any atom is -0.307 e. The molecular weight excluding hydrogens is 681 g/mol. The number of anilines is 4. The number of thiazole rings is 4. The van der Waals surface area contributed by atoms with Crippen LogP contribution in [0.5, 0.6) is 0 Å². The number of hydrogen-bond acceptors (Lipinski definition) is 10. The van der Waals surface area contributed by atoms with Crippen LogP contribution in [0.15, 0.2) is 103 Å². The highest BCUT2D eigenvalue weighted by Gasteiger charge is 2.11. The molecule has 0 saturated heterocycles. The van der Waals surface area contributed by atoms with Crippen LogP contribution < -0.4 is 10.6 Å². The molecule has 4 heterocycles. The van der Waals surface area contributed by atoms with E-state index in [1.165, 1.54) is 46.6 Å². The SMILES string of the molecule is Cc1cccc2sc(Nc3nc4c(C)cccc4s3)nc12.Cc1cccc2sc(Nc3nc4c(C)cccc4s3)nc12.Cc1ccccc1. The van der Waals surface area contributed by atoms with Crippen LogP contribution >= 0.6 is 45.3 Å². The summed E-state index contributed by atoms with van der Waals surface area (Å²) in [6.45, 7) is 10.4. The number of aromatic nitrogens is 4. The molecule has 0 amide bonds. The first kappa shape index (κ1) is 32.8. The summed E-state index contributed by atoms with van der Waals surface area (Å²) in [6.07, 6.45) is 0. The lowest BCUT2D eigenvalue weighted by Crippen LogP contribution is -1.87. The molecular formula is C39H34N6S4. The fraction of sp³-hybridized carbons (Fsp3) is 0.128. The van der Waals surface area contributed by atoms with Crippen molar-refractivity contribution in [1.29, 1.82) is 0 Å². The van der Waals surface area contributed by atoms with Gasteiger partial charge in [0.1, 0.15) is 0 Å². The molecule has 0 unspecified atom stereocenters. The number of aryl methyl sites for hydroxylation is 5. The third-order valence-corrected chi connectivity index (χ3v) is 11.6. The second-order valence-corrected chi connectivity index (χ2v) is 15.8. The molecule has 9 aromatic rings. The summed E-state index contributed by atoms with van der Waals surface area (Å²) in [5, 5.41) is 10.3. The second kappa shape index (κ2) is 14.4. The van der Waals surface area contributed by atoms with Crippen molar-refractivity contribution >= 4 is 107 Å². The van der Waals surface area contributed by atoms with Crippen LogP contribution in [0.2, 0.25) is 0 Å². The topological polar surface area (TPSA) is 75.6 Å². The monoisotopic (exact) mass is 714 g/mol. The molecule has 0 fully saturated rings. The first-order chi connectivity index (χ1) is 23.8. The van der Waals surface area contributed by atoms with Crippen molar-refractivity contribution < 1.29 is 0 Å². The number of benzene rings is 5. The van der Waals surface area contributed by atoms with E-state index in [1.807, 2.05) is 18.2 Å². The Morgan fingerprint density at radius 2 is 0.633 bits per heavy atom. The molecule has 5 aromatic carbocycles. The zero-order valence-electron chi connectivity index (χ0n) is 27.7. The van der Waals surface area contributed by atoms with Gasteiger partial charge < -0.3 is 10.6 Å². The predicted octanol–water partition coefficient (Wildman–Crippen LogP) is 12.5. The predicted molar refractivity (Wildman–Crippen MR) is 215 cm³/mol. The van der Waals surface area contributed by atoms with Crippen LogP contribution in [0.25, 0.3) is 40.9 Å². The third-order valence-electron chi connectivity index (χ3n) is 7.85. The molecule has 6 nitrogen and oxygen atoms in total. The number of fused-ring (bicyclic) bond motifs is 4. The van der Waals surface area contributed by atoms with E-state index in [0.29, 0.717) is 0 Å². The van der Waals surface area contributed by atoms with Crippen molar-refractivity contribution in [1.82, 2.24) is 19.9 Å². The maximum absolute atomic E-state index is 4.67. The smallest absolute Gasteiger partial charge is 0.190 e. The first-order valence-corrected chi connectivity index (χ1v) is 19.1. The zero-order valence-corrected chi connectivity index (χ0v) is 31.0. The fourth-order valence-corrected chi connectivity index (χ4v) is 9.18. The van der Waals surface area contributed by atoms with Gasteiger partial charge >= 0.3 is 0 Å². The summed E-state index contributed by atoms with van der Waals surface area (Å²) < 4.78 is 4.81. The molecule has 0 spiro atoms. The van der Waals surface area contributed by atoms with Gasteiger partial charge in [-0.3, -0.25) is 0 Å². The highest BCUT2D eigenvalue weighted by atomic mass is 32.1. The Hall–Kier alpha value is -4.74. The summed E-state index contributed by atoms with van der Waals surface area (Å²) in [5.41, 5.74) is 10.4. The molecule has 9 rings (SSSR count). The maximum Gasteiger partial charge on any atom is 0.190 e. The van der Waals surface area contributed by atoms with Crippen LogP contribution in [0.3, 0.4) is 0 Å². The van der Waals surface area contributed by atoms with Crippen LogP contribution in [0.4, 0.5) is 20.5 Å². The van der Waals surface area contributed by atoms with Gasteiger partial charge in [0.25, 0.3) is 0 Å². The van der Waals surface area contributed by atoms with Crippen LogP contribution in [-0.4, -0.2) is 19.9 Å². The first-order valence-electron chi connectivity index (χ1n) is 15.8. The normalized spacial score (nSPS) is 11.0. The Balaban J connectivity index is 0.000000129. The van der Waals surface area contributed by atoms with Gasteiger partial charge in [-0.2, -0.15) is 0 Å². The van der Waals surface area contributed by atoms with Gasteiger partial charge in [0.05, 0.1) is 40.9 Å². The highest BCUT2D eigenvalue weighted by Crippen LogP contribution is 2.35. The Bertz CT molecular complexity index is 2210. The van der Waals surface area contributed by atoms with Crippen LogP contribution in [0, 0.1) is 34.6 Å². The fourth-order valence-electron chi connectivity index (χ4n) is 5.28. The van der Waals surface area contributed by atoms with E-state index in [2.05, 4.69) is 150 Å². The van der Waals surface area contributed by atoms with E-state index in [4.69, 9.17) is 0 Å². The van der Waals surface area contributed by atoms with Gasteiger partial charge in [0.2, 0.25) is 0 Å². The average molecular weight is 715 g/mol. The van der Waals surface area contributed by atoms with Crippen molar-refractivity contribution in [2.24, 2.45) is 0 Å². The molecule has 2 N–H and O–H groups in total. The number of rotatable bonds is 4. The van der Waals surface area contributed by atoms with Gasteiger partial charge in [-0.25, -0.2) is 19.9 Å². The minimum atomic E-state index is 0.899. The van der Waals surface area contributed by atoms with E-state index in [0.717, 1.165) is 42.6 Å². The zero-order chi connectivity index (χ0) is 33.9. The van der Waals surface area contributed by atoms with Crippen molar-refractivity contribution in [3.8, 4) is 0 Å². The standard InChI is InChI=1S/2C16H13N3S2.C7H8/c2*1-9-5-3-7-11-13(9)17-15(20-11)19-16-18-14-10(2)6-4-8-12(14)21-16;1-7-5-3-2-4-6-7/h2*3-8H,1-2H3,(H,17,18,19);2-6H,1H3. The maximum atomic E-state index is 4.67. The van der Waals surface area contributed by atoms with E-state index < -0.39 is 0 Å². The number of nitrogens with one attached hydrogen (secondary N) is 2. The minimum absolute atomic E-state index is 0.899. The van der Waals surface area contributed by atoms with Gasteiger partial charge in [0.15, 0.2) is 20.5 Å². The van der Waals surface area contributed by atoms with Crippen LogP contribution in [-0.2, 0) is 0 Å². The van der Waals surface area contributed by atoms with Crippen molar-refractivity contribution in [2.75, 3.05) is 10.6 Å². The number of para-hydroxylation sites is 4. The van der Waals surface area contributed by atoms with Crippen molar-refractivity contribution in [2.45, 2.75) is 34.6 Å². The van der Waals surface area contributed by atoms with E-state index in [-0.39, 0.29) is 0 Å². The Morgan fingerprint density at radius 1 is 0.347 bits per heavy atom. The van der Waals surface area contributed by atoms with Gasteiger partial charge in [-0.05, 0) is 81.1 Å². The molecule has 49 heavy (non-hydrogen) atoms. The molecule has 0 aliphatic rings. The Morgan fingerprint density at radius 3 is 0.857 bits per heavy atom. The van der Waals surface area contributed by atoms with Gasteiger partial charge in [0, 0.05) is 0 Å². The van der Waals surface area contributed by atoms with E-state index >= 15 is 0 Å². The summed E-state index contributed by atoms with van der Waals surface area (Å²) in [6, 6.07) is 35.3. The largest absolute Gasteiger partial charge is 0.307 e. The molecule has 0 saturated carbocycles. The van der Waals surface area contributed by atoms with Gasteiger partial charge in [-0.1, -0.05) is 130 Å².